The van der Waals surface area contributed by atoms with E-state index in [1.165, 1.54) is 11.1 Å². The summed E-state index contributed by atoms with van der Waals surface area (Å²) < 4.78 is 0. The third-order valence-corrected chi connectivity index (χ3v) is 6.21. The number of amides is 1. The lowest BCUT2D eigenvalue weighted by Gasteiger charge is -2.38. The van der Waals surface area contributed by atoms with Crippen LogP contribution in [-0.2, 0) is 10.2 Å². The summed E-state index contributed by atoms with van der Waals surface area (Å²) in [7, 11) is 0. The predicted octanol–water partition coefficient (Wildman–Crippen LogP) is 3.67. The van der Waals surface area contributed by atoms with Crippen molar-refractivity contribution in [1.29, 1.82) is 0 Å². The van der Waals surface area contributed by atoms with Crippen LogP contribution in [0.4, 0.5) is 0 Å². The van der Waals surface area contributed by atoms with Crippen molar-refractivity contribution in [3.8, 4) is 0 Å². The fraction of sp³-hybridized carbons (Fsp3) is 0.632. The molecule has 0 unspecified atom stereocenters. The van der Waals surface area contributed by atoms with Crippen LogP contribution < -0.4 is 10.6 Å². The third-order valence-electron chi connectivity index (χ3n) is 5.80. The van der Waals surface area contributed by atoms with Gasteiger partial charge in [0.1, 0.15) is 0 Å². The van der Waals surface area contributed by atoms with Gasteiger partial charge in [-0.1, -0.05) is 17.7 Å². The summed E-state index contributed by atoms with van der Waals surface area (Å²) in [4.78, 5) is 11.7. The zero-order chi connectivity index (χ0) is 16.8. The van der Waals surface area contributed by atoms with E-state index < -0.39 is 0 Å². The Bertz CT molecular complexity index is 633. The van der Waals surface area contributed by atoms with Crippen LogP contribution in [0.5, 0.6) is 0 Å². The molecule has 0 saturated carbocycles. The van der Waals surface area contributed by atoms with Crippen molar-refractivity contribution in [3.05, 3.63) is 33.8 Å². The van der Waals surface area contributed by atoms with E-state index in [1.807, 2.05) is 0 Å². The molecular weight excluding hydrogens is 308 g/mol. The molecule has 0 aromatic heterocycles. The Morgan fingerprint density at radius 2 is 2.00 bits per heavy atom. The van der Waals surface area contributed by atoms with Gasteiger partial charge in [-0.3, -0.25) is 4.79 Å². The monoisotopic (exact) mass is 334 g/mol. The maximum Gasteiger partial charge on any atom is 0.217 e. The Kier molecular flexibility index (Phi) is 4.22. The van der Waals surface area contributed by atoms with Gasteiger partial charge in [-0.25, -0.2) is 0 Å². The number of rotatable bonds is 2. The van der Waals surface area contributed by atoms with E-state index in [-0.39, 0.29) is 16.9 Å². The molecule has 0 bridgehead atoms. The first kappa shape index (κ1) is 16.8. The van der Waals surface area contributed by atoms with Gasteiger partial charge in [0.25, 0.3) is 0 Å². The van der Waals surface area contributed by atoms with Crippen molar-refractivity contribution in [3.63, 3.8) is 0 Å². The largest absolute Gasteiger partial charge is 0.351 e. The second kappa shape index (κ2) is 5.78. The summed E-state index contributed by atoms with van der Waals surface area (Å²) in [5, 5.41) is 7.51. The Hall–Kier alpha value is -1.06. The number of hydrogen-bond acceptors (Lipinski definition) is 2. The maximum atomic E-state index is 11.7. The van der Waals surface area contributed by atoms with Crippen LogP contribution in [0.3, 0.4) is 0 Å². The van der Waals surface area contributed by atoms with Crippen molar-refractivity contribution < 1.29 is 4.79 Å². The molecule has 4 heteroatoms. The molecule has 3 rings (SSSR count). The molecule has 1 aliphatic carbocycles. The van der Waals surface area contributed by atoms with E-state index in [0.717, 1.165) is 42.9 Å². The van der Waals surface area contributed by atoms with Crippen LogP contribution in [-0.4, -0.2) is 24.5 Å². The molecule has 1 aromatic rings. The molecule has 1 saturated heterocycles. The second-order valence-electron chi connectivity index (χ2n) is 7.88. The quantitative estimate of drug-likeness (QED) is 0.866. The zero-order valence-electron chi connectivity index (χ0n) is 14.6. The molecule has 1 fully saturated rings. The molecule has 1 atom stereocenters. The molecular formula is C19H27ClN2O. The first-order chi connectivity index (χ1) is 10.8. The van der Waals surface area contributed by atoms with Gasteiger partial charge in [-0.2, -0.15) is 0 Å². The summed E-state index contributed by atoms with van der Waals surface area (Å²) in [6.45, 7) is 10.1. The van der Waals surface area contributed by atoms with Crippen molar-refractivity contribution in [1.82, 2.24) is 10.6 Å². The fourth-order valence-corrected chi connectivity index (χ4v) is 4.79. The van der Waals surface area contributed by atoms with Crippen LogP contribution in [0.25, 0.3) is 0 Å². The second-order valence-corrected chi connectivity index (χ2v) is 8.29. The molecule has 0 radical (unpaired) electrons. The number of hydrogen-bond donors (Lipinski definition) is 2. The zero-order valence-corrected chi connectivity index (χ0v) is 15.3. The number of carbonyl (C=O) groups excluding carboxylic acids is 1. The minimum absolute atomic E-state index is 0.0356. The molecule has 2 N–H and O–H groups in total. The first-order valence-corrected chi connectivity index (χ1v) is 8.93. The molecule has 1 spiro atoms. The van der Waals surface area contributed by atoms with Gasteiger partial charge in [0, 0.05) is 23.4 Å². The number of carbonyl (C=O) groups is 1. The number of piperidine rings is 1. The molecule has 3 nitrogen and oxygen atoms in total. The number of aryl methyl sites for hydroxylation is 1. The van der Waals surface area contributed by atoms with Gasteiger partial charge in [-0.15, -0.1) is 0 Å². The summed E-state index contributed by atoms with van der Waals surface area (Å²) in [5.41, 5.74) is 3.87. The molecule has 1 amide bonds. The number of benzene rings is 1. The Labute approximate surface area is 144 Å². The minimum atomic E-state index is -0.255. The summed E-state index contributed by atoms with van der Waals surface area (Å²) >= 11 is 6.46. The maximum absolute atomic E-state index is 11.7. The van der Waals surface area contributed by atoms with Crippen LogP contribution >= 0.6 is 11.6 Å². The first-order valence-electron chi connectivity index (χ1n) is 8.55. The lowest BCUT2D eigenvalue weighted by atomic mass is 9.72. The Morgan fingerprint density at radius 3 is 2.61 bits per heavy atom. The van der Waals surface area contributed by atoms with E-state index >= 15 is 0 Å². The number of halogens is 1. The summed E-state index contributed by atoms with van der Waals surface area (Å²) in [6, 6.07) is 4.45. The molecule has 126 valence electrons. The van der Waals surface area contributed by atoms with Crippen molar-refractivity contribution in [2.24, 2.45) is 0 Å². The highest BCUT2D eigenvalue weighted by Crippen LogP contribution is 2.55. The fourth-order valence-electron chi connectivity index (χ4n) is 4.63. The number of nitrogens with one attached hydrogen (secondary N) is 2. The molecule has 1 aromatic carbocycles. The van der Waals surface area contributed by atoms with E-state index in [4.69, 9.17) is 11.6 Å². The third kappa shape index (κ3) is 2.89. The van der Waals surface area contributed by atoms with Crippen LogP contribution in [0.1, 0.15) is 62.6 Å². The SMILES string of the molecule is CC(=O)NC(C)(C)[C@H]1CC2(CCNCC2)c2cc(Cl)c(C)cc21. The van der Waals surface area contributed by atoms with Gasteiger partial charge in [0.2, 0.25) is 5.91 Å². The van der Waals surface area contributed by atoms with E-state index in [2.05, 4.69) is 43.5 Å². The lowest BCUT2D eigenvalue weighted by Crippen LogP contribution is -2.47. The normalized spacial score (nSPS) is 22.9. The van der Waals surface area contributed by atoms with E-state index in [9.17, 15) is 4.79 Å². The topological polar surface area (TPSA) is 41.1 Å². The molecule has 23 heavy (non-hydrogen) atoms. The highest BCUT2D eigenvalue weighted by molar-refractivity contribution is 6.31. The predicted molar refractivity (Wildman–Crippen MR) is 95.2 cm³/mol. The van der Waals surface area contributed by atoms with Crippen LogP contribution in [0.2, 0.25) is 5.02 Å². The minimum Gasteiger partial charge on any atom is -0.351 e. The highest BCUT2D eigenvalue weighted by Gasteiger charge is 2.49. The van der Waals surface area contributed by atoms with E-state index in [1.54, 1.807) is 6.92 Å². The average Bonchev–Trinajstić information content (AvgIpc) is 2.74. The standard InChI is InChI=1S/C19H27ClN2O/c1-12-9-14-15(10-17(12)20)19(5-7-21-8-6-19)11-16(14)18(3,4)22-13(2)23/h9-10,16,21H,5-8,11H2,1-4H3,(H,22,23)/t16-/m0/s1. The summed E-state index contributed by atoms with van der Waals surface area (Å²) in [6.07, 6.45) is 3.38. The smallest absolute Gasteiger partial charge is 0.217 e. The van der Waals surface area contributed by atoms with Crippen molar-refractivity contribution >= 4 is 17.5 Å². The van der Waals surface area contributed by atoms with Crippen LogP contribution in [0.15, 0.2) is 12.1 Å². The molecule has 2 aliphatic rings. The van der Waals surface area contributed by atoms with Gasteiger partial charge < -0.3 is 10.6 Å². The van der Waals surface area contributed by atoms with Crippen molar-refractivity contribution in [2.75, 3.05) is 13.1 Å². The lowest BCUT2D eigenvalue weighted by molar-refractivity contribution is -0.120. The Morgan fingerprint density at radius 1 is 1.35 bits per heavy atom. The van der Waals surface area contributed by atoms with Gasteiger partial charge >= 0.3 is 0 Å². The van der Waals surface area contributed by atoms with Crippen molar-refractivity contribution in [2.45, 2.75) is 63.8 Å². The van der Waals surface area contributed by atoms with Gasteiger partial charge in [0.05, 0.1) is 0 Å². The van der Waals surface area contributed by atoms with E-state index in [0.29, 0.717) is 5.92 Å². The number of fused-ring (bicyclic) bond motifs is 2. The Balaban J connectivity index is 2.08. The molecule has 1 aliphatic heterocycles. The summed E-state index contributed by atoms with van der Waals surface area (Å²) in [5.74, 6) is 0.365. The molecule has 1 heterocycles. The van der Waals surface area contributed by atoms with Crippen LogP contribution in [0, 0.1) is 6.92 Å². The van der Waals surface area contributed by atoms with Gasteiger partial charge in [-0.05, 0) is 81.3 Å². The average molecular weight is 335 g/mol. The van der Waals surface area contributed by atoms with Gasteiger partial charge in [0.15, 0.2) is 0 Å². The highest BCUT2D eigenvalue weighted by atomic mass is 35.5.